The summed E-state index contributed by atoms with van der Waals surface area (Å²) in [6, 6.07) is 4.27. The van der Waals surface area contributed by atoms with Gasteiger partial charge in [0.1, 0.15) is 0 Å². The Labute approximate surface area is 98.9 Å². The fraction of sp³-hybridized carbons (Fsp3) is 0.615. The molecule has 0 unspecified atom stereocenters. The Balaban J connectivity index is 2.41. The highest BCUT2D eigenvalue weighted by atomic mass is 15.1. The van der Waals surface area contributed by atoms with Gasteiger partial charge in [0, 0.05) is 19.3 Å². The molecule has 3 nitrogen and oxygen atoms in total. The number of hydrogen-bond donors (Lipinski definition) is 1. The molecule has 0 aliphatic rings. The summed E-state index contributed by atoms with van der Waals surface area (Å²) in [4.78, 5) is 6.79. The zero-order valence-corrected chi connectivity index (χ0v) is 10.7. The molecule has 0 atom stereocenters. The first kappa shape index (κ1) is 13.1. The topological polar surface area (TPSA) is 28.2 Å². The van der Waals surface area contributed by atoms with Crippen LogP contribution in [0.5, 0.6) is 0 Å². The largest absolute Gasteiger partial charge is 0.316 e. The van der Waals surface area contributed by atoms with Crippen molar-refractivity contribution in [2.45, 2.75) is 32.9 Å². The highest BCUT2D eigenvalue weighted by Gasteiger charge is 2.00. The SMILES string of the molecule is CCCCN(C)Cc1ccc(CNC)cn1. The van der Waals surface area contributed by atoms with E-state index in [1.54, 1.807) is 0 Å². The molecule has 0 amide bonds. The van der Waals surface area contributed by atoms with Gasteiger partial charge in [-0.3, -0.25) is 4.98 Å². The number of pyridine rings is 1. The maximum absolute atomic E-state index is 4.46. The number of aromatic nitrogens is 1. The molecule has 0 aliphatic carbocycles. The minimum absolute atomic E-state index is 0.888. The zero-order valence-electron chi connectivity index (χ0n) is 10.7. The van der Waals surface area contributed by atoms with Gasteiger partial charge < -0.3 is 10.2 Å². The van der Waals surface area contributed by atoms with E-state index in [2.05, 4.69) is 41.3 Å². The first-order chi connectivity index (χ1) is 7.76. The Kier molecular flexibility index (Phi) is 6.04. The van der Waals surface area contributed by atoms with Gasteiger partial charge in [-0.15, -0.1) is 0 Å². The minimum atomic E-state index is 0.888. The van der Waals surface area contributed by atoms with Crippen molar-refractivity contribution < 1.29 is 0 Å². The van der Waals surface area contributed by atoms with Crippen molar-refractivity contribution >= 4 is 0 Å². The van der Waals surface area contributed by atoms with Gasteiger partial charge in [0.25, 0.3) is 0 Å². The number of unbranched alkanes of at least 4 members (excludes halogenated alkanes) is 1. The summed E-state index contributed by atoms with van der Waals surface area (Å²) in [7, 11) is 4.10. The standard InChI is InChI=1S/C13H23N3/c1-4-5-8-16(3)11-13-7-6-12(9-14-2)10-15-13/h6-7,10,14H,4-5,8-9,11H2,1-3H3. The molecule has 0 aliphatic heterocycles. The fourth-order valence-electron chi connectivity index (χ4n) is 1.64. The molecule has 1 aromatic rings. The van der Waals surface area contributed by atoms with E-state index in [1.807, 2.05) is 13.2 Å². The molecule has 3 heteroatoms. The molecule has 0 radical (unpaired) electrons. The summed E-state index contributed by atoms with van der Waals surface area (Å²) in [5.74, 6) is 0. The smallest absolute Gasteiger partial charge is 0.0544 e. The van der Waals surface area contributed by atoms with Crippen molar-refractivity contribution in [2.75, 3.05) is 20.6 Å². The molecule has 0 aromatic carbocycles. The number of nitrogens with zero attached hydrogens (tertiary/aromatic N) is 2. The monoisotopic (exact) mass is 221 g/mol. The van der Waals surface area contributed by atoms with Gasteiger partial charge >= 0.3 is 0 Å². The van der Waals surface area contributed by atoms with Gasteiger partial charge in [0.2, 0.25) is 0 Å². The lowest BCUT2D eigenvalue weighted by Gasteiger charge is -2.15. The van der Waals surface area contributed by atoms with E-state index >= 15 is 0 Å². The predicted molar refractivity (Wildman–Crippen MR) is 68.2 cm³/mol. The average Bonchev–Trinajstić information content (AvgIpc) is 2.29. The first-order valence-electron chi connectivity index (χ1n) is 6.03. The van der Waals surface area contributed by atoms with E-state index in [-0.39, 0.29) is 0 Å². The van der Waals surface area contributed by atoms with Crippen molar-refractivity contribution in [3.05, 3.63) is 29.6 Å². The second-order valence-corrected chi connectivity index (χ2v) is 4.28. The van der Waals surface area contributed by atoms with Crippen molar-refractivity contribution in [3.8, 4) is 0 Å². The number of hydrogen-bond acceptors (Lipinski definition) is 3. The molecule has 0 fully saturated rings. The molecule has 16 heavy (non-hydrogen) atoms. The van der Waals surface area contributed by atoms with Gasteiger partial charge in [0.05, 0.1) is 5.69 Å². The normalized spacial score (nSPS) is 11.0. The first-order valence-corrected chi connectivity index (χ1v) is 6.03. The van der Waals surface area contributed by atoms with E-state index in [0.29, 0.717) is 0 Å². The molecular formula is C13H23N3. The average molecular weight is 221 g/mol. The van der Waals surface area contributed by atoms with Crippen molar-refractivity contribution in [3.63, 3.8) is 0 Å². The molecule has 1 aromatic heterocycles. The van der Waals surface area contributed by atoms with Crippen LogP contribution in [0, 0.1) is 0 Å². The lowest BCUT2D eigenvalue weighted by Crippen LogP contribution is -2.19. The van der Waals surface area contributed by atoms with Crippen LogP contribution in [-0.4, -0.2) is 30.5 Å². The molecular weight excluding hydrogens is 198 g/mol. The summed E-state index contributed by atoms with van der Waals surface area (Å²) in [6.07, 6.45) is 4.46. The van der Waals surface area contributed by atoms with E-state index in [9.17, 15) is 0 Å². The van der Waals surface area contributed by atoms with Crippen LogP contribution in [0.1, 0.15) is 31.0 Å². The van der Waals surface area contributed by atoms with E-state index < -0.39 is 0 Å². The van der Waals surface area contributed by atoms with Crippen LogP contribution in [0.4, 0.5) is 0 Å². The van der Waals surface area contributed by atoms with Crippen LogP contribution in [-0.2, 0) is 13.1 Å². The van der Waals surface area contributed by atoms with Crippen LogP contribution in [0.2, 0.25) is 0 Å². The third-order valence-corrected chi connectivity index (χ3v) is 2.59. The van der Waals surface area contributed by atoms with E-state index in [1.165, 1.54) is 18.4 Å². The molecule has 90 valence electrons. The van der Waals surface area contributed by atoms with Crippen LogP contribution < -0.4 is 5.32 Å². The lowest BCUT2D eigenvalue weighted by atomic mass is 10.2. The third kappa shape index (κ3) is 4.73. The minimum Gasteiger partial charge on any atom is -0.316 e. The Morgan fingerprint density at radius 2 is 2.19 bits per heavy atom. The number of rotatable bonds is 7. The summed E-state index contributed by atoms with van der Waals surface area (Å²) in [5.41, 5.74) is 2.39. The molecule has 0 bridgehead atoms. The Bertz CT molecular complexity index is 282. The quantitative estimate of drug-likeness (QED) is 0.763. The van der Waals surface area contributed by atoms with Crippen molar-refractivity contribution in [1.82, 2.24) is 15.2 Å². The van der Waals surface area contributed by atoms with Crippen molar-refractivity contribution in [1.29, 1.82) is 0 Å². The molecule has 1 heterocycles. The molecule has 0 saturated heterocycles. The predicted octanol–water partition coefficient (Wildman–Crippen LogP) is 2.03. The molecule has 0 spiro atoms. The molecule has 1 rings (SSSR count). The lowest BCUT2D eigenvalue weighted by molar-refractivity contribution is 0.317. The van der Waals surface area contributed by atoms with Gasteiger partial charge in [-0.25, -0.2) is 0 Å². The molecule has 1 N–H and O–H groups in total. The van der Waals surface area contributed by atoms with E-state index in [0.717, 1.165) is 25.3 Å². The Hall–Kier alpha value is -0.930. The van der Waals surface area contributed by atoms with Crippen LogP contribution in [0.15, 0.2) is 18.3 Å². The van der Waals surface area contributed by atoms with Gasteiger partial charge in [0.15, 0.2) is 0 Å². The second-order valence-electron chi connectivity index (χ2n) is 4.28. The summed E-state index contributed by atoms with van der Waals surface area (Å²) in [6.45, 7) is 5.20. The maximum Gasteiger partial charge on any atom is 0.0544 e. The highest BCUT2D eigenvalue weighted by Crippen LogP contribution is 2.03. The Morgan fingerprint density at radius 3 is 2.75 bits per heavy atom. The van der Waals surface area contributed by atoms with Crippen molar-refractivity contribution in [2.24, 2.45) is 0 Å². The number of nitrogens with one attached hydrogen (secondary N) is 1. The van der Waals surface area contributed by atoms with E-state index in [4.69, 9.17) is 0 Å². The van der Waals surface area contributed by atoms with Crippen LogP contribution in [0.3, 0.4) is 0 Å². The molecule has 0 saturated carbocycles. The summed E-state index contributed by atoms with van der Waals surface area (Å²) in [5, 5.41) is 3.12. The van der Waals surface area contributed by atoms with Gasteiger partial charge in [-0.2, -0.15) is 0 Å². The maximum atomic E-state index is 4.46. The highest BCUT2D eigenvalue weighted by molar-refractivity contribution is 5.13. The van der Waals surface area contributed by atoms with Crippen LogP contribution >= 0.6 is 0 Å². The fourth-order valence-corrected chi connectivity index (χ4v) is 1.64. The summed E-state index contributed by atoms with van der Waals surface area (Å²) < 4.78 is 0. The zero-order chi connectivity index (χ0) is 11.8. The van der Waals surface area contributed by atoms with Gasteiger partial charge in [-0.05, 0) is 38.7 Å². The van der Waals surface area contributed by atoms with Gasteiger partial charge in [-0.1, -0.05) is 19.4 Å². The van der Waals surface area contributed by atoms with Crippen LogP contribution in [0.25, 0.3) is 0 Å². The summed E-state index contributed by atoms with van der Waals surface area (Å²) >= 11 is 0. The second kappa shape index (κ2) is 7.36. The Morgan fingerprint density at radius 1 is 1.38 bits per heavy atom. The third-order valence-electron chi connectivity index (χ3n) is 2.59.